The first-order valence-corrected chi connectivity index (χ1v) is 9.44. The minimum atomic E-state index is -0.567. The number of ether oxygens (including phenoxy) is 1. The molecule has 6 nitrogen and oxygen atoms in total. The fourth-order valence-electron chi connectivity index (χ4n) is 2.52. The van der Waals surface area contributed by atoms with Gasteiger partial charge in [-0.1, -0.05) is 37.6 Å². The Balaban J connectivity index is 1.64. The third-order valence-electron chi connectivity index (χ3n) is 3.89. The second-order valence-electron chi connectivity index (χ2n) is 5.95. The molecule has 0 radical (unpaired) electrons. The van der Waals surface area contributed by atoms with Crippen LogP contribution in [0.3, 0.4) is 0 Å². The molecular formula is C20H19N3O3S. The molecule has 3 rings (SSSR count). The van der Waals surface area contributed by atoms with Crippen molar-refractivity contribution in [3.05, 3.63) is 64.4 Å². The average Bonchev–Trinajstić information content (AvgIpc) is 3.09. The SMILES string of the molecule is CCCc1ccc(C(=O)COC(=O)c2sc(-c3ncccn3)nc2C)cc1. The highest BCUT2D eigenvalue weighted by Crippen LogP contribution is 2.25. The molecule has 0 spiro atoms. The summed E-state index contributed by atoms with van der Waals surface area (Å²) < 4.78 is 5.19. The van der Waals surface area contributed by atoms with Crippen LogP contribution >= 0.6 is 11.3 Å². The Kier molecular flexibility index (Phi) is 6.03. The zero-order valence-corrected chi connectivity index (χ0v) is 16.0. The number of Topliss-reactive ketones (excluding diaryl/α,β-unsaturated/α-hetero) is 1. The second-order valence-corrected chi connectivity index (χ2v) is 6.95. The first-order valence-electron chi connectivity index (χ1n) is 8.62. The van der Waals surface area contributed by atoms with Gasteiger partial charge in [0.1, 0.15) is 4.88 Å². The number of carbonyl (C=O) groups is 2. The van der Waals surface area contributed by atoms with Crippen LogP contribution in [0, 0.1) is 6.92 Å². The summed E-state index contributed by atoms with van der Waals surface area (Å²) in [5.41, 5.74) is 2.24. The van der Waals surface area contributed by atoms with Crippen LogP contribution in [0.4, 0.5) is 0 Å². The Morgan fingerprint density at radius 3 is 2.48 bits per heavy atom. The number of thiazole rings is 1. The Morgan fingerprint density at radius 2 is 1.81 bits per heavy atom. The fraction of sp³-hybridized carbons (Fsp3) is 0.250. The quantitative estimate of drug-likeness (QED) is 0.456. The van der Waals surface area contributed by atoms with Crippen LogP contribution in [0.2, 0.25) is 0 Å². The predicted octanol–water partition coefficient (Wildman–Crippen LogP) is 3.90. The van der Waals surface area contributed by atoms with E-state index in [2.05, 4.69) is 21.9 Å². The molecule has 0 aliphatic heterocycles. The lowest BCUT2D eigenvalue weighted by atomic mass is 10.1. The Labute approximate surface area is 161 Å². The van der Waals surface area contributed by atoms with Crippen molar-refractivity contribution in [2.24, 2.45) is 0 Å². The molecular weight excluding hydrogens is 362 g/mol. The zero-order valence-electron chi connectivity index (χ0n) is 15.1. The lowest BCUT2D eigenvalue weighted by Crippen LogP contribution is -2.14. The van der Waals surface area contributed by atoms with Crippen LogP contribution in [0.5, 0.6) is 0 Å². The third kappa shape index (κ3) is 4.62. The summed E-state index contributed by atoms with van der Waals surface area (Å²) in [6.45, 7) is 3.52. The maximum absolute atomic E-state index is 12.3. The number of rotatable bonds is 7. The molecule has 0 atom stereocenters. The second kappa shape index (κ2) is 8.64. The molecule has 1 aromatic carbocycles. The van der Waals surface area contributed by atoms with E-state index >= 15 is 0 Å². The Bertz CT molecular complexity index is 937. The van der Waals surface area contributed by atoms with Crippen LogP contribution in [0.1, 0.15) is 44.6 Å². The van der Waals surface area contributed by atoms with Gasteiger partial charge in [0.25, 0.3) is 0 Å². The summed E-state index contributed by atoms with van der Waals surface area (Å²) in [6, 6.07) is 9.10. The largest absolute Gasteiger partial charge is 0.453 e. The summed E-state index contributed by atoms with van der Waals surface area (Å²) in [5, 5.41) is 0.540. The zero-order chi connectivity index (χ0) is 19.2. The highest BCUT2D eigenvalue weighted by atomic mass is 32.1. The van der Waals surface area contributed by atoms with Crippen molar-refractivity contribution >= 4 is 23.1 Å². The number of hydrogen-bond acceptors (Lipinski definition) is 7. The standard InChI is InChI=1S/C20H19N3O3S/c1-3-5-14-6-8-15(9-7-14)16(24)12-26-20(25)17-13(2)23-19(27-17)18-21-10-4-11-22-18/h4,6-11H,3,5,12H2,1-2H3. The van der Waals surface area contributed by atoms with E-state index in [0.29, 0.717) is 27.0 Å². The Morgan fingerprint density at radius 1 is 1.11 bits per heavy atom. The van der Waals surface area contributed by atoms with Gasteiger partial charge in [-0.25, -0.2) is 19.7 Å². The van der Waals surface area contributed by atoms with Gasteiger partial charge in [0.05, 0.1) is 5.69 Å². The van der Waals surface area contributed by atoms with Gasteiger partial charge < -0.3 is 4.74 Å². The first kappa shape index (κ1) is 18.8. The smallest absolute Gasteiger partial charge is 0.350 e. The molecule has 0 saturated heterocycles. The molecule has 0 fully saturated rings. The van der Waals surface area contributed by atoms with E-state index in [4.69, 9.17) is 4.74 Å². The number of esters is 1. The molecule has 2 heterocycles. The van der Waals surface area contributed by atoms with Crippen LogP contribution in [-0.4, -0.2) is 33.3 Å². The lowest BCUT2D eigenvalue weighted by molar-refractivity contribution is 0.0478. The number of benzene rings is 1. The van der Waals surface area contributed by atoms with Gasteiger partial charge in [-0.15, -0.1) is 11.3 Å². The van der Waals surface area contributed by atoms with E-state index < -0.39 is 5.97 Å². The van der Waals surface area contributed by atoms with E-state index in [9.17, 15) is 9.59 Å². The molecule has 138 valence electrons. The van der Waals surface area contributed by atoms with E-state index in [1.807, 2.05) is 12.1 Å². The number of carbonyl (C=O) groups excluding carboxylic acids is 2. The number of nitrogens with zero attached hydrogens (tertiary/aromatic N) is 3. The fourth-order valence-corrected chi connectivity index (χ4v) is 3.43. The monoisotopic (exact) mass is 381 g/mol. The minimum absolute atomic E-state index is 0.236. The van der Waals surface area contributed by atoms with E-state index in [1.165, 1.54) is 5.56 Å². The Hall–Kier alpha value is -2.93. The highest BCUT2D eigenvalue weighted by molar-refractivity contribution is 7.16. The van der Waals surface area contributed by atoms with Gasteiger partial charge >= 0.3 is 5.97 Å². The van der Waals surface area contributed by atoms with Crippen molar-refractivity contribution in [1.82, 2.24) is 15.0 Å². The van der Waals surface area contributed by atoms with Gasteiger partial charge in [0.15, 0.2) is 23.2 Å². The van der Waals surface area contributed by atoms with E-state index in [0.717, 1.165) is 24.2 Å². The topological polar surface area (TPSA) is 82.0 Å². The van der Waals surface area contributed by atoms with Crippen LogP contribution < -0.4 is 0 Å². The minimum Gasteiger partial charge on any atom is -0.453 e. The molecule has 7 heteroatoms. The normalized spacial score (nSPS) is 10.6. The van der Waals surface area contributed by atoms with Gasteiger partial charge in [-0.3, -0.25) is 4.79 Å². The molecule has 0 aliphatic carbocycles. The molecule has 0 bridgehead atoms. The number of aromatic nitrogens is 3. The number of aryl methyl sites for hydroxylation is 2. The molecule has 3 aromatic rings. The summed E-state index contributed by atoms with van der Waals surface area (Å²) in [4.78, 5) is 37.5. The number of ketones is 1. The van der Waals surface area contributed by atoms with Gasteiger partial charge in [0, 0.05) is 18.0 Å². The van der Waals surface area contributed by atoms with Gasteiger partial charge in [0.2, 0.25) is 0 Å². The predicted molar refractivity (Wildman–Crippen MR) is 103 cm³/mol. The molecule has 0 aliphatic rings. The summed E-state index contributed by atoms with van der Waals surface area (Å²) in [7, 11) is 0. The molecule has 0 amide bonds. The van der Waals surface area contributed by atoms with E-state index in [1.54, 1.807) is 37.5 Å². The molecule has 0 unspecified atom stereocenters. The average molecular weight is 381 g/mol. The number of hydrogen-bond donors (Lipinski definition) is 0. The molecule has 0 N–H and O–H groups in total. The van der Waals surface area contributed by atoms with Gasteiger partial charge in [-0.05, 0) is 25.0 Å². The van der Waals surface area contributed by atoms with Crippen molar-refractivity contribution in [3.8, 4) is 10.8 Å². The van der Waals surface area contributed by atoms with Crippen molar-refractivity contribution < 1.29 is 14.3 Å². The van der Waals surface area contributed by atoms with Crippen molar-refractivity contribution in [1.29, 1.82) is 0 Å². The maximum Gasteiger partial charge on any atom is 0.350 e. The third-order valence-corrected chi connectivity index (χ3v) is 5.02. The van der Waals surface area contributed by atoms with Crippen LogP contribution in [0.25, 0.3) is 10.8 Å². The highest BCUT2D eigenvalue weighted by Gasteiger charge is 2.20. The molecule has 0 saturated carbocycles. The summed E-state index contributed by atoms with van der Waals surface area (Å²) in [6.07, 6.45) is 5.25. The lowest BCUT2D eigenvalue weighted by Gasteiger charge is -2.04. The van der Waals surface area contributed by atoms with E-state index in [-0.39, 0.29) is 12.4 Å². The van der Waals surface area contributed by atoms with Gasteiger partial charge in [-0.2, -0.15) is 0 Å². The first-order chi connectivity index (χ1) is 13.1. The van der Waals surface area contributed by atoms with Crippen LogP contribution in [0.15, 0.2) is 42.7 Å². The van der Waals surface area contributed by atoms with Crippen LogP contribution in [-0.2, 0) is 11.2 Å². The molecule has 2 aromatic heterocycles. The summed E-state index contributed by atoms with van der Waals surface area (Å²) in [5.74, 6) is -0.351. The maximum atomic E-state index is 12.3. The summed E-state index contributed by atoms with van der Waals surface area (Å²) >= 11 is 1.15. The van der Waals surface area contributed by atoms with Crippen molar-refractivity contribution in [2.45, 2.75) is 26.7 Å². The molecule has 27 heavy (non-hydrogen) atoms. The van der Waals surface area contributed by atoms with Crippen molar-refractivity contribution in [3.63, 3.8) is 0 Å². The van der Waals surface area contributed by atoms with Crippen molar-refractivity contribution in [2.75, 3.05) is 6.61 Å².